The molecule has 2 unspecified atom stereocenters. The highest BCUT2D eigenvalue weighted by Crippen LogP contribution is 2.29. The van der Waals surface area contributed by atoms with Gasteiger partial charge in [-0.2, -0.15) is 4.31 Å². The Morgan fingerprint density at radius 3 is 2.75 bits per heavy atom. The Morgan fingerprint density at radius 2 is 2.15 bits per heavy atom. The van der Waals surface area contributed by atoms with E-state index in [9.17, 15) is 12.8 Å². The topological polar surface area (TPSA) is 72.6 Å². The fourth-order valence-corrected chi connectivity index (χ4v) is 4.08. The number of halogens is 1. The number of nitrogen functional groups attached to an aromatic ring is 1. The van der Waals surface area contributed by atoms with E-state index in [1.165, 1.54) is 16.4 Å². The van der Waals surface area contributed by atoms with Crippen molar-refractivity contribution in [3.05, 3.63) is 24.0 Å². The first-order valence-corrected chi connectivity index (χ1v) is 7.89. The molecule has 0 radical (unpaired) electrons. The maximum absolute atomic E-state index is 13.8. The third-order valence-electron chi connectivity index (χ3n) is 3.75. The van der Waals surface area contributed by atoms with Gasteiger partial charge in [-0.05, 0) is 24.5 Å². The van der Waals surface area contributed by atoms with E-state index >= 15 is 0 Å². The molecule has 20 heavy (non-hydrogen) atoms. The Morgan fingerprint density at radius 1 is 1.45 bits per heavy atom. The van der Waals surface area contributed by atoms with Gasteiger partial charge in [-0.3, -0.25) is 0 Å². The van der Waals surface area contributed by atoms with E-state index < -0.39 is 20.7 Å². The third-order valence-corrected chi connectivity index (χ3v) is 5.71. The Balaban J connectivity index is 2.36. The zero-order valence-electron chi connectivity index (χ0n) is 11.5. The van der Waals surface area contributed by atoms with Crippen LogP contribution in [0.4, 0.5) is 10.1 Å². The zero-order valence-corrected chi connectivity index (χ0v) is 12.4. The van der Waals surface area contributed by atoms with E-state index in [4.69, 9.17) is 10.5 Å². The summed E-state index contributed by atoms with van der Waals surface area (Å²) >= 11 is 0. The number of hydrogen-bond acceptors (Lipinski definition) is 4. The first-order valence-electron chi connectivity index (χ1n) is 6.45. The van der Waals surface area contributed by atoms with Crippen LogP contribution in [0, 0.1) is 11.7 Å². The molecule has 0 saturated carbocycles. The molecule has 1 heterocycles. The summed E-state index contributed by atoms with van der Waals surface area (Å²) < 4.78 is 45.5. The predicted molar refractivity (Wildman–Crippen MR) is 74.1 cm³/mol. The maximum atomic E-state index is 13.8. The van der Waals surface area contributed by atoms with Gasteiger partial charge in [0.2, 0.25) is 10.0 Å². The van der Waals surface area contributed by atoms with Crippen LogP contribution in [0.1, 0.15) is 13.3 Å². The number of nitrogens with zero attached hydrogens (tertiary/aromatic N) is 1. The van der Waals surface area contributed by atoms with Crippen LogP contribution >= 0.6 is 0 Å². The number of ether oxygens (including phenoxy) is 1. The standard InChI is InChI=1S/C13H19FN2O3S/c1-9-6-7-16(8-12(9)19-2)20(17,18)13-10(14)4-3-5-11(13)15/h3-5,9,12H,6-8,15H2,1-2H3. The number of hydrogen-bond donors (Lipinski definition) is 1. The van der Waals surface area contributed by atoms with Gasteiger partial charge in [0, 0.05) is 20.2 Å². The van der Waals surface area contributed by atoms with Crippen LogP contribution < -0.4 is 5.73 Å². The van der Waals surface area contributed by atoms with E-state index in [1.54, 1.807) is 7.11 Å². The van der Waals surface area contributed by atoms with Crippen molar-refractivity contribution in [2.24, 2.45) is 5.92 Å². The van der Waals surface area contributed by atoms with E-state index in [0.717, 1.165) is 6.07 Å². The van der Waals surface area contributed by atoms with E-state index in [1.807, 2.05) is 6.92 Å². The van der Waals surface area contributed by atoms with Crippen LogP contribution in [-0.4, -0.2) is 39.0 Å². The van der Waals surface area contributed by atoms with Gasteiger partial charge >= 0.3 is 0 Å². The second-order valence-corrected chi connectivity index (χ2v) is 6.94. The number of piperidine rings is 1. The lowest BCUT2D eigenvalue weighted by Crippen LogP contribution is -2.46. The summed E-state index contributed by atoms with van der Waals surface area (Å²) in [5.74, 6) is -0.554. The van der Waals surface area contributed by atoms with Gasteiger partial charge in [0.1, 0.15) is 10.7 Å². The molecule has 5 nitrogen and oxygen atoms in total. The van der Waals surface area contributed by atoms with Crippen molar-refractivity contribution in [3.63, 3.8) is 0 Å². The molecule has 1 aliphatic rings. The van der Waals surface area contributed by atoms with Crippen molar-refractivity contribution in [1.29, 1.82) is 0 Å². The lowest BCUT2D eigenvalue weighted by atomic mass is 9.97. The summed E-state index contributed by atoms with van der Waals surface area (Å²) in [5.41, 5.74) is 5.56. The van der Waals surface area contributed by atoms with Gasteiger partial charge in [-0.1, -0.05) is 13.0 Å². The summed E-state index contributed by atoms with van der Waals surface area (Å²) in [7, 11) is -2.39. The summed E-state index contributed by atoms with van der Waals surface area (Å²) in [5, 5.41) is 0. The molecule has 0 aliphatic carbocycles. The van der Waals surface area contributed by atoms with Crippen LogP contribution in [0.15, 0.2) is 23.1 Å². The Bertz CT molecular complexity index is 571. The van der Waals surface area contributed by atoms with Gasteiger partial charge in [0.05, 0.1) is 11.8 Å². The molecule has 2 rings (SSSR count). The van der Waals surface area contributed by atoms with Crippen LogP contribution in [-0.2, 0) is 14.8 Å². The van der Waals surface area contributed by atoms with E-state index in [-0.39, 0.29) is 24.3 Å². The number of nitrogens with two attached hydrogens (primary N) is 1. The van der Waals surface area contributed by atoms with Crippen molar-refractivity contribution in [1.82, 2.24) is 4.31 Å². The first kappa shape index (κ1) is 15.2. The molecular formula is C13H19FN2O3S. The minimum Gasteiger partial charge on any atom is -0.398 e. The number of anilines is 1. The van der Waals surface area contributed by atoms with Gasteiger partial charge in [-0.15, -0.1) is 0 Å². The molecule has 0 amide bonds. The van der Waals surface area contributed by atoms with Crippen molar-refractivity contribution in [2.45, 2.75) is 24.3 Å². The fraction of sp³-hybridized carbons (Fsp3) is 0.538. The van der Waals surface area contributed by atoms with Gasteiger partial charge in [-0.25, -0.2) is 12.8 Å². The summed E-state index contributed by atoms with van der Waals surface area (Å²) in [6.07, 6.45) is 0.484. The number of benzene rings is 1. The molecule has 2 N–H and O–H groups in total. The highest BCUT2D eigenvalue weighted by atomic mass is 32.2. The molecule has 1 aromatic rings. The number of sulfonamides is 1. The summed E-state index contributed by atoms with van der Waals surface area (Å²) in [4.78, 5) is -0.440. The molecule has 1 aromatic carbocycles. The summed E-state index contributed by atoms with van der Waals surface area (Å²) in [6.45, 7) is 2.57. The normalized spacial score (nSPS) is 24.8. The quantitative estimate of drug-likeness (QED) is 0.858. The smallest absolute Gasteiger partial charge is 0.248 e. The van der Waals surface area contributed by atoms with Gasteiger partial charge in [0.25, 0.3) is 0 Å². The van der Waals surface area contributed by atoms with Crippen molar-refractivity contribution < 1.29 is 17.5 Å². The average Bonchev–Trinajstić information content (AvgIpc) is 2.38. The minimum absolute atomic E-state index is 0.0717. The Hall–Kier alpha value is -1.18. The first-order chi connectivity index (χ1) is 9.37. The van der Waals surface area contributed by atoms with Crippen molar-refractivity contribution in [3.8, 4) is 0 Å². The van der Waals surface area contributed by atoms with Crippen LogP contribution in [0.3, 0.4) is 0 Å². The highest BCUT2D eigenvalue weighted by molar-refractivity contribution is 7.89. The van der Waals surface area contributed by atoms with Crippen LogP contribution in [0.2, 0.25) is 0 Å². The van der Waals surface area contributed by atoms with Gasteiger partial charge < -0.3 is 10.5 Å². The molecule has 7 heteroatoms. The second-order valence-electron chi connectivity index (χ2n) is 5.06. The molecule has 1 fully saturated rings. The minimum atomic E-state index is -3.94. The molecule has 0 bridgehead atoms. The lowest BCUT2D eigenvalue weighted by molar-refractivity contribution is 0.0183. The third kappa shape index (κ3) is 2.65. The van der Waals surface area contributed by atoms with Crippen LogP contribution in [0.5, 0.6) is 0 Å². The Labute approximate surface area is 118 Å². The fourth-order valence-electron chi connectivity index (χ4n) is 2.46. The SMILES string of the molecule is COC1CN(S(=O)(=O)c2c(N)cccc2F)CCC1C. The average molecular weight is 302 g/mol. The van der Waals surface area contributed by atoms with Gasteiger partial charge in [0.15, 0.2) is 0 Å². The monoisotopic (exact) mass is 302 g/mol. The summed E-state index contributed by atoms with van der Waals surface area (Å²) in [6, 6.07) is 3.87. The highest BCUT2D eigenvalue weighted by Gasteiger charge is 2.36. The lowest BCUT2D eigenvalue weighted by Gasteiger charge is -2.35. The van der Waals surface area contributed by atoms with E-state index in [2.05, 4.69) is 0 Å². The molecular weight excluding hydrogens is 283 g/mol. The van der Waals surface area contributed by atoms with E-state index in [0.29, 0.717) is 13.0 Å². The Kier molecular flexibility index (Phi) is 4.31. The number of methoxy groups -OCH3 is 1. The molecule has 2 atom stereocenters. The largest absolute Gasteiger partial charge is 0.398 e. The number of rotatable bonds is 3. The second kappa shape index (κ2) is 5.67. The maximum Gasteiger partial charge on any atom is 0.248 e. The molecule has 112 valence electrons. The van der Waals surface area contributed by atoms with Crippen molar-refractivity contribution in [2.75, 3.05) is 25.9 Å². The molecule has 1 aliphatic heterocycles. The molecule has 0 spiro atoms. The molecule has 1 saturated heterocycles. The van der Waals surface area contributed by atoms with Crippen LogP contribution in [0.25, 0.3) is 0 Å². The molecule has 0 aromatic heterocycles. The van der Waals surface area contributed by atoms with Crippen molar-refractivity contribution >= 4 is 15.7 Å². The zero-order chi connectivity index (χ0) is 14.9. The predicted octanol–water partition coefficient (Wildman–Crippen LogP) is 1.45.